The second kappa shape index (κ2) is 12.0. The molecular weight excluding hydrogens is 554 g/mol. The van der Waals surface area contributed by atoms with Gasteiger partial charge >= 0.3 is 24.1 Å². The van der Waals surface area contributed by atoms with E-state index in [2.05, 4.69) is 0 Å². The Kier molecular flexibility index (Phi) is 8.97. The summed E-state index contributed by atoms with van der Waals surface area (Å²) in [4.78, 5) is 50.4. The Hall–Kier alpha value is -4.09. The van der Waals surface area contributed by atoms with Gasteiger partial charge < -0.3 is 19.9 Å². The van der Waals surface area contributed by atoms with E-state index in [4.69, 9.17) is 32.7 Å². The van der Waals surface area contributed by atoms with E-state index in [9.17, 15) is 37.5 Å². The lowest BCUT2D eigenvalue weighted by molar-refractivity contribution is -0.157. The number of ether oxygens (including phenoxy) is 2. The molecule has 2 atom stereocenters. The number of amides is 1. The van der Waals surface area contributed by atoms with Gasteiger partial charge in [-0.1, -0.05) is 35.3 Å². The number of rotatable bonds is 8. The first-order valence-electron chi connectivity index (χ1n) is 10.5. The molecule has 3 rings (SSSR count). The Bertz CT molecular complexity index is 1350. The second-order valence-corrected chi connectivity index (χ2v) is 8.41. The van der Waals surface area contributed by atoms with Crippen molar-refractivity contribution in [1.82, 2.24) is 0 Å². The number of benzene rings is 3. The Morgan fingerprint density at radius 3 is 1.63 bits per heavy atom. The Morgan fingerprint density at radius 1 is 0.737 bits per heavy atom. The first kappa shape index (κ1) is 28.5. The predicted molar refractivity (Wildman–Crippen MR) is 129 cm³/mol. The average Bonchev–Trinajstić information content (AvgIpc) is 2.86. The highest BCUT2D eigenvalue weighted by atomic mass is 35.5. The molecule has 198 valence electrons. The quantitative estimate of drug-likeness (QED) is 0.344. The zero-order chi connectivity index (χ0) is 28.0. The number of carbonyl (C=O) groups excluding carboxylic acids is 3. The lowest BCUT2D eigenvalue weighted by atomic mass is 10.1. The van der Waals surface area contributed by atoms with Crippen LogP contribution in [0.2, 0.25) is 10.0 Å². The Balaban J connectivity index is 1.97. The summed E-state index contributed by atoms with van der Waals surface area (Å²) < 4.78 is 50.3. The smallest absolute Gasteiger partial charge is 0.418 e. The standard InChI is InChI=1S/C25H16Cl2F3NO7/c26-15-9-5-13(6-10-15)23(35)37-19(21(32)31-18-4-2-1-3-17(18)25(28,29)30)20(22(33)34)38-24(36)14-7-11-16(27)12-8-14/h1-12,19-20H,(H,31,32)(H,33,34)/t19-,20-/m0/s1. The maximum atomic E-state index is 13.4. The van der Waals surface area contributed by atoms with Gasteiger partial charge in [-0.3, -0.25) is 4.79 Å². The molecule has 3 aromatic carbocycles. The normalized spacial score (nSPS) is 12.7. The molecule has 1 amide bonds. The monoisotopic (exact) mass is 569 g/mol. The van der Waals surface area contributed by atoms with E-state index in [0.717, 1.165) is 12.1 Å². The van der Waals surface area contributed by atoms with E-state index in [0.29, 0.717) is 6.07 Å². The molecule has 0 saturated heterocycles. The molecule has 38 heavy (non-hydrogen) atoms. The van der Waals surface area contributed by atoms with Crippen LogP contribution in [0.4, 0.5) is 18.9 Å². The van der Waals surface area contributed by atoms with Crippen LogP contribution in [0.5, 0.6) is 0 Å². The number of alkyl halides is 3. The number of esters is 2. The van der Waals surface area contributed by atoms with Crippen molar-refractivity contribution in [3.63, 3.8) is 0 Å². The molecule has 0 aliphatic carbocycles. The molecule has 0 spiro atoms. The summed E-state index contributed by atoms with van der Waals surface area (Å²) >= 11 is 11.5. The van der Waals surface area contributed by atoms with Crippen molar-refractivity contribution in [3.05, 3.63) is 99.5 Å². The lowest BCUT2D eigenvalue weighted by Gasteiger charge is -2.24. The molecular formula is C25H16Cl2F3NO7. The zero-order valence-corrected chi connectivity index (χ0v) is 20.4. The van der Waals surface area contributed by atoms with Crippen LogP contribution >= 0.6 is 23.2 Å². The van der Waals surface area contributed by atoms with Gasteiger partial charge in [-0.2, -0.15) is 13.2 Å². The van der Waals surface area contributed by atoms with Crippen LogP contribution in [0.3, 0.4) is 0 Å². The Labute approximate surface area is 222 Å². The predicted octanol–water partition coefficient (Wildman–Crippen LogP) is 5.49. The van der Waals surface area contributed by atoms with Gasteiger partial charge in [0.15, 0.2) is 0 Å². The third kappa shape index (κ3) is 7.24. The molecule has 0 fully saturated rings. The molecule has 0 bridgehead atoms. The summed E-state index contributed by atoms with van der Waals surface area (Å²) in [5.74, 6) is -5.88. The molecule has 2 N–H and O–H groups in total. The molecule has 0 heterocycles. The average molecular weight is 570 g/mol. The van der Waals surface area contributed by atoms with Crippen molar-refractivity contribution in [2.75, 3.05) is 5.32 Å². The molecule has 0 aliphatic rings. The fourth-order valence-corrected chi connectivity index (χ4v) is 3.33. The van der Waals surface area contributed by atoms with Gasteiger partial charge in [-0.25, -0.2) is 14.4 Å². The minimum absolute atomic E-state index is 0.161. The summed E-state index contributed by atoms with van der Waals surface area (Å²) in [6, 6.07) is 13.9. The molecule has 0 aromatic heterocycles. The number of aliphatic carboxylic acids is 1. The highest BCUT2D eigenvalue weighted by molar-refractivity contribution is 6.31. The summed E-state index contributed by atoms with van der Waals surface area (Å²) in [6.07, 6.45) is -9.74. The number of hydrogen-bond donors (Lipinski definition) is 2. The molecule has 0 aliphatic heterocycles. The maximum Gasteiger partial charge on any atom is 0.418 e. The molecule has 3 aromatic rings. The highest BCUT2D eigenvalue weighted by Gasteiger charge is 2.42. The highest BCUT2D eigenvalue weighted by Crippen LogP contribution is 2.34. The lowest BCUT2D eigenvalue weighted by Crippen LogP contribution is -2.48. The fourth-order valence-electron chi connectivity index (χ4n) is 3.08. The van der Waals surface area contributed by atoms with Gasteiger partial charge in [-0.15, -0.1) is 0 Å². The van der Waals surface area contributed by atoms with Gasteiger partial charge in [0, 0.05) is 10.0 Å². The van der Waals surface area contributed by atoms with E-state index in [1.54, 1.807) is 0 Å². The number of carboxylic acid groups (broad SMARTS) is 1. The van der Waals surface area contributed by atoms with Gasteiger partial charge in [-0.05, 0) is 60.7 Å². The van der Waals surface area contributed by atoms with Gasteiger partial charge in [0.2, 0.25) is 12.2 Å². The molecule has 0 unspecified atom stereocenters. The van der Waals surface area contributed by atoms with Gasteiger partial charge in [0.05, 0.1) is 22.4 Å². The van der Waals surface area contributed by atoms with Crippen molar-refractivity contribution in [3.8, 4) is 0 Å². The van der Waals surface area contributed by atoms with Crippen LogP contribution < -0.4 is 5.32 Å². The largest absolute Gasteiger partial charge is 0.478 e. The van der Waals surface area contributed by atoms with E-state index in [-0.39, 0.29) is 21.2 Å². The number of hydrogen-bond acceptors (Lipinski definition) is 6. The molecule has 13 heteroatoms. The SMILES string of the molecule is O=C(O[C@H](C(=O)O)[C@H](OC(=O)c1ccc(Cl)cc1)C(=O)Nc1ccccc1C(F)(F)F)c1ccc(Cl)cc1. The third-order valence-corrected chi connectivity index (χ3v) is 5.40. The number of anilines is 1. The minimum Gasteiger partial charge on any atom is -0.478 e. The van der Waals surface area contributed by atoms with Crippen LogP contribution in [0.15, 0.2) is 72.8 Å². The van der Waals surface area contributed by atoms with E-state index >= 15 is 0 Å². The summed E-state index contributed by atoms with van der Waals surface area (Å²) in [7, 11) is 0. The van der Waals surface area contributed by atoms with Gasteiger partial charge in [0.25, 0.3) is 5.91 Å². The van der Waals surface area contributed by atoms with Crippen molar-refractivity contribution in [2.24, 2.45) is 0 Å². The molecule has 8 nitrogen and oxygen atoms in total. The topological polar surface area (TPSA) is 119 Å². The number of para-hydroxylation sites is 1. The third-order valence-electron chi connectivity index (χ3n) is 4.89. The number of carbonyl (C=O) groups is 4. The van der Waals surface area contributed by atoms with Gasteiger partial charge in [0.1, 0.15) is 0 Å². The number of nitrogens with one attached hydrogen (secondary N) is 1. The van der Waals surface area contributed by atoms with Crippen LogP contribution in [0.1, 0.15) is 26.3 Å². The second-order valence-electron chi connectivity index (χ2n) is 7.54. The summed E-state index contributed by atoms with van der Waals surface area (Å²) in [5, 5.41) is 12.2. The molecule has 0 radical (unpaired) electrons. The van der Waals surface area contributed by atoms with Crippen LogP contribution in [-0.2, 0) is 25.2 Å². The summed E-state index contributed by atoms with van der Waals surface area (Å²) in [5.41, 5.74) is -2.32. The van der Waals surface area contributed by atoms with Crippen molar-refractivity contribution < 1.29 is 46.9 Å². The van der Waals surface area contributed by atoms with E-state index in [1.165, 1.54) is 54.6 Å². The van der Waals surface area contributed by atoms with Crippen molar-refractivity contribution >= 4 is 52.7 Å². The number of carboxylic acids is 1. The Morgan fingerprint density at radius 2 is 1.18 bits per heavy atom. The fraction of sp³-hybridized carbons (Fsp3) is 0.120. The van der Waals surface area contributed by atoms with Crippen molar-refractivity contribution in [1.29, 1.82) is 0 Å². The van der Waals surface area contributed by atoms with E-state index in [1.807, 2.05) is 5.32 Å². The van der Waals surface area contributed by atoms with Crippen molar-refractivity contribution in [2.45, 2.75) is 18.4 Å². The van der Waals surface area contributed by atoms with E-state index < -0.39 is 53.5 Å². The molecule has 0 saturated carbocycles. The maximum absolute atomic E-state index is 13.4. The van der Waals surface area contributed by atoms with Crippen LogP contribution in [0, 0.1) is 0 Å². The summed E-state index contributed by atoms with van der Waals surface area (Å²) in [6.45, 7) is 0. The first-order valence-corrected chi connectivity index (χ1v) is 11.3. The first-order chi connectivity index (χ1) is 17.9. The zero-order valence-electron chi connectivity index (χ0n) is 18.9. The minimum atomic E-state index is -4.88. The number of halogens is 5. The van der Waals surface area contributed by atoms with Crippen LogP contribution in [0.25, 0.3) is 0 Å². The van der Waals surface area contributed by atoms with Crippen LogP contribution in [-0.4, -0.2) is 41.1 Å².